The van der Waals surface area contributed by atoms with Crippen LogP contribution in [0, 0.1) is 18.5 Å². The molecule has 27 heavy (non-hydrogen) atoms. The molecule has 0 aliphatic rings. The van der Waals surface area contributed by atoms with Crippen LogP contribution in [0.2, 0.25) is 0 Å². The highest BCUT2D eigenvalue weighted by molar-refractivity contribution is 14.1. The minimum absolute atomic E-state index is 0.362. The predicted octanol–water partition coefficient (Wildman–Crippen LogP) is 6.46. The molecule has 0 saturated heterocycles. The minimum Gasteiger partial charge on any atom is -0.478 e. The lowest BCUT2D eigenvalue weighted by molar-refractivity contribution is 0.0699. The van der Waals surface area contributed by atoms with E-state index in [1.165, 1.54) is 3.57 Å². The number of carboxylic acids is 1. The first-order chi connectivity index (χ1) is 13.0. The lowest BCUT2D eigenvalue weighted by atomic mass is 10.1. The minimum atomic E-state index is -0.877. The van der Waals surface area contributed by atoms with Crippen molar-refractivity contribution in [3.63, 3.8) is 0 Å². The molecular weight excluding hydrogens is 564 g/mol. The van der Waals surface area contributed by atoms with Gasteiger partial charge in [0.15, 0.2) is 0 Å². The van der Waals surface area contributed by atoms with Crippen molar-refractivity contribution in [2.45, 2.75) is 0 Å². The van der Waals surface area contributed by atoms with Crippen molar-refractivity contribution in [3.05, 3.63) is 91.1 Å². The normalized spacial score (nSPS) is 10.1. The van der Waals surface area contributed by atoms with Crippen molar-refractivity contribution >= 4 is 72.7 Å². The molecule has 0 unspecified atom stereocenters. The molecule has 0 fully saturated rings. The molecule has 4 aromatic carbocycles. The van der Waals surface area contributed by atoms with Crippen LogP contribution in [0.3, 0.4) is 0 Å². The molecule has 0 amide bonds. The SMILES string of the molecule is N#Cc1ccc(I)c2ccccc12.O=C(O)c1ccc(I)c2ccccc12. The number of carboxylic acid groups (broad SMARTS) is 1. The summed E-state index contributed by atoms with van der Waals surface area (Å²) in [4.78, 5) is 10.9. The van der Waals surface area contributed by atoms with Crippen molar-refractivity contribution < 1.29 is 9.90 Å². The average Bonchev–Trinajstić information content (AvgIpc) is 2.69. The molecule has 132 valence electrons. The van der Waals surface area contributed by atoms with Crippen molar-refractivity contribution in [2.24, 2.45) is 0 Å². The van der Waals surface area contributed by atoms with Crippen LogP contribution in [0.5, 0.6) is 0 Å². The first-order valence-electron chi connectivity index (χ1n) is 8.01. The van der Waals surface area contributed by atoms with Gasteiger partial charge in [-0.3, -0.25) is 0 Å². The molecule has 4 rings (SSSR count). The zero-order valence-corrected chi connectivity index (χ0v) is 18.3. The number of halogens is 2. The van der Waals surface area contributed by atoms with E-state index in [9.17, 15) is 4.79 Å². The molecule has 3 nitrogen and oxygen atoms in total. The molecule has 0 heterocycles. The molecule has 4 aromatic rings. The predicted molar refractivity (Wildman–Crippen MR) is 125 cm³/mol. The Bertz CT molecular complexity index is 1200. The van der Waals surface area contributed by atoms with E-state index in [4.69, 9.17) is 10.4 Å². The van der Waals surface area contributed by atoms with E-state index in [-0.39, 0.29) is 0 Å². The Morgan fingerprint density at radius 1 is 0.741 bits per heavy atom. The number of aromatic carboxylic acids is 1. The van der Waals surface area contributed by atoms with E-state index < -0.39 is 5.97 Å². The highest BCUT2D eigenvalue weighted by Crippen LogP contribution is 2.24. The largest absolute Gasteiger partial charge is 0.478 e. The number of hydrogen-bond donors (Lipinski definition) is 1. The Hall–Kier alpha value is -2.18. The topological polar surface area (TPSA) is 61.1 Å². The molecule has 0 spiro atoms. The summed E-state index contributed by atoms with van der Waals surface area (Å²) in [5, 5.41) is 21.8. The zero-order chi connectivity index (χ0) is 19.4. The fourth-order valence-electron chi connectivity index (χ4n) is 2.81. The lowest BCUT2D eigenvalue weighted by Gasteiger charge is -2.03. The van der Waals surface area contributed by atoms with Gasteiger partial charge in [-0.05, 0) is 85.6 Å². The Kier molecular flexibility index (Phi) is 6.29. The van der Waals surface area contributed by atoms with Gasteiger partial charge in [-0.25, -0.2) is 4.79 Å². The summed E-state index contributed by atoms with van der Waals surface area (Å²) >= 11 is 4.49. The quantitative estimate of drug-likeness (QED) is 0.265. The van der Waals surface area contributed by atoms with Crippen molar-refractivity contribution in [1.29, 1.82) is 5.26 Å². The number of fused-ring (bicyclic) bond motifs is 2. The fraction of sp³-hybridized carbons (Fsp3) is 0. The number of nitriles is 1. The molecular formula is C22H13I2NO2. The average molecular weight is 577 g/mol. The summed E-state index contributed by atoms with van der Waals surface area (Å²) in [6, 6.07) is 25.0. The first kappa shape index (κ1) is 19.6. The van der Waals surface area contributed by atoms with E-state index in [2.05, 4.69) is 51.3 Å². The molecule has 0 radical (unpaired) electrons. The summed E-state index contributed by atoms with van der Waals surface area (Å²) in [6.07, 6.45) is 0. The van der Waals surface area contributed by atoms with E-state index in [0.717, 1.165) is 30.7 Å². The third-order valence-corrected chi connectivity index (χ3v) is 5.97. The molecule has 0 bridgehead atoms. The Balaban J connectivity index is 0.000000156. The van der Waals surface area contributed by atoms with Crippen LogP contribution < -0.4 is 0 Å². The second kappa shape index (κ2) is 8.67. The third kappa shape index (κ3) is 4.22. The second-order valence-electron chi connectivity index (χ2n) is 5.70. The van der Waals surface area contributed by atoms with Gasteiger partial charge in [-0.2, -0.15) is 5.26 Å². The molecule has 0 aliphatic heterocycles. The number of carbonyl (C=O) groups is 1. The van der Waals surface area contributed by atoms with Gasteiger partial charge in [0.25, 0.3) is 0 Å². The van der Waals surface area contributed by atoms with Crippen LogP contribution in [0.4, 0.5) is 0 Å². The fourth-order valence-corrected chi connectivity index (χ4v) is 4.11. The number of benzene rings is 4. The molecule has 5 heteroatoms. The highest BCUT2D eigenvalue weighted by atomic mass is 127. The maximum absolute atomic E-state index is 10.9. The summed E-state index contributed by atoms with van der Waals surface area (Å²) < 4.78 is 2.26. The van der Waals surface area contributed by atoms with Crippen molar-refractivity contribution in [3.8, 4) is 6.07 Å². The maximum atomic E-state index is 10.9. The number of rotatable bonds is 1. The summed E-state index contributed by atoms with van der Waals surface area (Å²) in [5.41, 5.74) is 1.11. The van der Waals surface area contributed by atoms with E-state index in [1.807, 2.05) is 66.7 Å². The van der Waals surface area contributed by atoms with Gasteiger partial charge >= 0.3 is 5.97 Å². The number of nitrogens with zero attached hydrogens (tertiary/aromatic N) is 1. The number of hydrogen-bond acceptors (Lipinski definition) is 2. The smallest absolute Gasteiger partial charge is 0.336 e. The van der Waals surface area contributed by atoms with E-state index in [0.29, 0.717) is 5.56 Å². The Labute approximate surface area is 183 Å². The van der Waals surface area contributed by atoms with Crippen LogP contribution >= 0.6 is 45.2 Å². The van der Waals surface area contributed by atoms with Gasteiger partial charge in [0, 0.05) is 12.5 Å². The molecule has 0 aliphatic carbocycles. The van der Waals surface area contributed by atoms with E-state index in [1.54, 1.807) is 6.07 Å². The molecule has 0 atom stereocenters. The van der Waals surface area contributed by atoms with Crippen LogP contribution in [-0.2, 0) is 0 Å². The van der Waals surface area contributed by atoms with Crippen LogP contribution in [-0.4, -0.2) is 11.1 Å². The van der Waals surface area contributed by atoms with Crippen LogP contribution in [0.15, 0.2) is 72.8 Å². The second-order valence-corrected chi connectivity index (χ2v) is 8.02. The lowest BCUT2D eigenvalue weighted by Crippen LogP contribution is -1.97. The van der Waals surface area contributed by atoms with Crippen LogP contribution in [0.1, 0.15) is 15.9 Å². The van der Waals surface area contributed by atoms with Crippen LogP contribution in [0.25, 0.3) is 21.5 Å². The van der Waals surface area contributed by atoms with Gasteiger partial charge in [0.2, 0.25) is 0 Å². The van der Waals surface area contributed by atoms with Gasteiger partial charge in [0.1, 0.15) is 0 Å². The molecule has 0 saturated carbocycles. The van der Waals surface area contributed by atoms with Gasteiger partial charge < -0.3 is 5.11 Å². The van der Waals surface area contributed by atoms with Gasteiger partial charge in [-0.1, -0.05) is 48.5 Å². The zero-order valence-electron chi connectivity index (χ0n) is 14.0. The third-order valence-electron chi connectivity index (χ3n) is 4.09. The summed E-state index contributed by atoms with van der Waals surface area (Å²) in [7, 11) is 0. The summed E-state index contributed by atoms with van der Waals surface area (Å²) in [5.74, 6) is -0.877. The molecule has 0 aromatic heterocycles. The maximum Gasteiger partial charge on any atom is 0.336 e. The Morgan fingerprint density at radius 3 is 1.78 bits per heavy atom. The first-order valence-corrected chi connectivity index (χ1v) is 10.2. The Morgan fingerprint density at radius 2 is 1.22 bits per heavy atom. The molecule has 1 N–H and O–H groups in total. The van der Waals surface area contributed by atoms with E-state index >= 15 is 0 Å². The highest BCUT2D eigenvalue weighted by Gasteiger charge is 2.09. The van der Waals surface area contributed by atoms with Crippen molar-refractivity contribution in [2.75, 3.05) is 0 Å². The monoisotopic (exact) mass is 577 g/mol. The van der Waals surface area contributed by atoms with Gasteiger partial charge in [0.05, 0.1) is 17.2 Å². The van der Waals surface area contributed by atoms with Crippen molar-refractivity contribution in [1.82, 2.24) is 0 Å². The van der Waals surface area contributed by atoms with Gasteiger partial charge in [-0.15, -0.1) is 0 Å². The standard InChI is InChI=1S/C11H6IN.C11H7IO2/c12-11-6-5-8(7-13)9-3-1-2-4-10(9)11;12-10-6-5-9(11(13)14)7-3-1-2-4-8(7)10/h1-6H;1-6H,(H,13,14). The summed E-state index contributed by atoms with van der Waals surface area (Å²) in [6.45, 7) is 0.